The molecule has 2 aliphatic rings. The molecule has 2 saturated heterocycles. The van der Waals surface area contributed by atoms with Gasteiger partial charge in [-0.3, -0.25) is 0 Å². The van der Waals surface area contributed by atoms with Crippen molar-refractivity contribution in [3.05, 3.63) is 0 Å². The Morgan fingerprint density at radius 2 is 2.33 bits per heavy atom. The average Bonchev–Trinajstić information content (AvgIpc) is 2.33. The van der Waals surface area contributed by atoms with Crippen molar-refractivity contribution in [2.24, 2.45) is 5.92 Å². The van der Waals surface area contributed by atoms with Crippen LogP contribution < -0.4 is 5.32 Å². The number of hydrogen-bond donors (Lipinski definition) is 1. The van der Waals surface area contributed by atoms with Crippen molar-refractivity contribution in [3.63, 3.8) is 0 Å². The Hall–Kier alpha value is -0.0800. The van der Waals surface area contributed by atoms with Crippen LogP contribution in [0.4, 0.5) is 0 Å². The van der Waals surface area contributed by atoms with Crippen LogP contribution in [0.2, 0.25) is 0 Å². The SMILES string of the molecule is C1CO[C@H]2CNC[C@@H]2C1. The summed E-state index contributed by atoms with van der Waals surface area (Å²) in [6.07, 6.45) is 3.19. The Kier molecular flexibility index (Phi) is 1.44. The first-order chi connectivity index (χ1) is 4.47. The lowest BCUT2D eigenvalue weighted by Crippen LogP contribution is -2.27. The molecule has 2 heterocycles. The Balaban J connectivity index is 1.97. The van der Waals surface area contributed by atoms with Crippen LogP contribution >= 0.6 is 0 Å². The highest BCUT2D eigenvalue weighted by Crippen LogP contribution is 2.22. The molecular weight excluding hydrogens is 114 g/mol. The normalized spacial score (nSPS) is 42.7. The van der Waals surface area contributed by atoms with Gasteiger partial charge in [0.25, 0.3) is 0 Å². The van der Waals surface area contributed by atoms with E-state index in [1.807, 2.05) is 0 Å². The Morgan fingerprint density at radius 1 is 1.33 bits per heavy atom. The number of hydrogen-bond acceptors (Lipinski definition) is 2. The molecule has 2 aliphatic heterocycles. The maximum Gasteiger partial charge on any atom is 0.0739 e. The van der Waals surface area contributed by atoms with E-state index < -0.39 is 0 Å². The predicted octanol–water partition coefficient (Wildman–Crippen LogP) is 0.385. The molecule has 0 aliphatic carbocycles. The maximum absolute atomic E-state index is 5.54. The molecule has 52 valence electrons. The van der Waals surface area contributed by atoms with Crippen molar-refractivity contribution in [3.8, 4) is 0 Å². The fourth-order valence-corrected chi connectivity index (χ4v) is 1.77. The van der Waals surface area contributed by atoms with Gasteiger partial charge in [0, 0.05) is 19.7 Å². The van der Waals surface area contributed by atoms with Crippen molar-refractivity contribution in [2.75, 3.05) is 19.7 Å². The van der Waals surface area contributed by atoms with Crippen molar-refractivity contribution >= 4 is 0 Å². The first-order valence-corrected chi connectivity index (χ1v) is 3.79. The second-order valence-electron chi connectivity index (χ2n) is 2.97. The largest absolute Gasteiger partial charge is 0.377 e. The van der Waals surface area contributed by atoms with Gasteiger partial charge in [-0.25, -0.2) is 0 Å². The molecule has 0 unspecified atom stereocenters. The molecule has 2 fully saturated rings. The predicted molar refractivity (Wildman–Crippen MR) is 35.3 cm³/mol. The molecular formula is C7H13NO. The van der Waals surface area contributed by atoms with Crippen LogP contribution in [0.25, 0.3) is 0 Å². The Morgan fingerprint density at radius 3 is 3.22 bits per heavy atom. The first-order valence-electron chi connectivity index (χ1n) is 3.79. The van der Waals surface area contributed by atoms with Crippen LogP contribution in [0.15, 0.2) is 0 Å². The van der Waals surface area contributed by atoms with E-state index in [0.29, 0.717) is 6.10 Å². The van der Waals surface area contributed by atoms with Crippen molar-refractivity contribution in [1.82, 2.24) is 5.32 Å². The minimum atomic E-state index is 0.554. The van der Waals surface area contributed by atoms with E-state index in [1.54, 1.807) is 0 Å². The molecule has 0 bridgehead atoms. The van der Waals surface area contributed by atoms with Gasteiger partial charge in [-0.2, -0.15) is 0 Å². The van der Waals surface area contributed by atoms with Gasteiger partial charge in [-0.1, -0.05) is 0 Å². The van der Waals surface area contributed by atoms with Gasteiger partial charge in [0.1, 0.15) is 0 Å². The minimum absolute atomic E-state index is 0.554. The lowest BCUT2D eigenvalue weighted by Gasteiger charge is -2.24. The quantitative estimate of drug-likeness (QED) is 0.508. The van der Waals surface area contributed by atoms with E-state index in [-0.39, 0.29) is 0 Å². The minimum Gasteiger partial charge on any atom is -0.377 e. The maximum atomic E-state index is 5.54. The lowest BCUT2D eigenvalue weighted by molar-refractivity contribution is 0.000755. The third-order valence-corrected chi connectivity index (χ3v) is 2.33. The summed E-state index contributed by atoms with van der Waals surface area (Å²) >= 11 is 0. The van der Waals surface area contributed by atoms with Gasteiger partial charge in [0.2, 0.25) is 0 Å². The zero-order valence-electron chi connectivity index (χ0n) is 5.60. The first kappa shape index (κ1) is 5.69. The topological polar surface area (TPSA) is 21.3 Å². The summed E-state index contributed by atoms with van der Waals surface area (Å²) in [6.45, 7) is 3.26. The third kappa shape index (κ3) is 0.970. The molecule has 2 heteroatoms. The molecule has 0 aromatic carbocycles. The molecule has 9 heavy (non-hydrogen) atoms. The van der Waals surface area contributed by atoms with Crippen LogP contribution in [-0.2, 0) is 4.74 Å². The number of ether oxygens (including phenoxy) is 1. The molecule has 0 radical (unpaired) electrons. The zero-order chi connectivity index (χ0) is 6.10. The van der Waals surface area contributed by atoms with Gasteiger partial charge in [0.05, 0.1) is 6.10 Å². The number of nitrogens with one attached hydrogen (secondary N) is 1. The van der Waals surface area contributed by atoms with Gasteiger partial charge >= 0.3 is 0 Å². The van der Waals surface area contributed by atoms with Gasteiger partial charge < -0.3 is 10.1 Å². The molecule has 2 rings (SSSR count). The summed E-state index contributed by atoms with van der Waals surface area (Å²) in [5, 5.41) is 3.34. The highest BCUT2D eigenvalue weighted by Gasteiger charge is 2.29. The highest BCUT2D eigenvalue weighted by molar-refractivity contribution is 4.83. The lowest BCUT2D eigenvalue weighted by atomic mass is 9.98. The summed E-state index contributed by atoms with van der Waals surface area (Å²) in [5.74, 6) is 0.832. The Labute approximate surface area is 55.6 Å². The van der Waals surface area contributed by atoms with E-state index >= 15 is 0 Å². The summed E-state index contributed by atoms with van der Waals surface area (Å²) in [7, 11) is 0. The zero-order valence-corrected chi connectivity index (χ0v) is 5.60. The smallest absolute Gasteiger partial charge is 0.0739 e. The summed E-state index contributed by atoms with van der Waals surface area (Å²) in [4.78, 5) is 0. The molecule has 0 amide bonds. The summed E-state index contributed by atoms with van der Waals surface area (Å²) in [5.41, 5.74) is 0. The van der Waals surface area contributed by atoms with E-state index in [9.17, 15) is 0 Å². The van der Waals surface area contributed by atoms with Gasteiger partial charge in [-0.05, 0) is 18.8 Å². The molecule has 1 N–H and O–H groups in total. The van der Waals surface area contributed by atoms with E-state index in [1.165, 1.54) is 19.4 Å². The second kappa shape index (κ2) is 2.27. The van der Waals surface area contributed by atoms with E-state index in [0.717, 1.165) is 19.1 Å². The van der Waals surface area contributed by atoms with Crippen LogP contribution in [0.5, 0.6) is 0 Å². The molecule has 0 spiro atoms. The van der Waals surface area contributed by atoms with E-state index in [4.69, 9.17) is 4.74 Å². The molecule has 2 atom stereocenters. The molecule has 2 nitrogen and oxygen atoms in total. The van der Waals surface area contributed by atoms with Crippen molar-refractivity contribution < 1.29 is 4.74 Å². The van der Waals surface area contributed by atoms with Gasteiger partial charge in [-0.15, -0.1) is 0 Å². The fraction of sp³-hybridized carbons (Fsp3) is 1.00. The van der Waals surface area contributed by atoms with Crippen LogP contribution in [0, 0.1) is 5.92 Å². The molecule has 0 aromatic heterocycles. The number of fused-ring (bicyclic) bond motifs is 1. The summed E-state index contributed by atoms with van der Waals surface area (Å²) in [6, 6.07) is 0. The third-order valence-electron chi connectivity index (χ3n) is 2.33. The molecule has 0 aromatic rings. The highest BCUT2D eigenvalue weighted by atomic mass is 16.5. The van der Waals surface area contributed by atoms with Gasteiger partial charge in [0.15, 0.2) is 0 Å². The standard InChI is InChI=1S/C7H13NO/c1-2-6-4-8-5-7(6)9-3-1/h6-8H,1-5H2/t6-,7-/m0/s1. The van der Waals surface area contributed by atoms with Crippen LogP contribution in [0.3, 0.4) is 0 Å². The second-order valence-corrected chi connectivity index (χ2v) is 2.97. The number of rotatable bonds is 0. The van der Waals surface area contributed by atoms with Crippen molar-refractivity contribution in [1.29, 1.82) is 0 Å². The van der Waals surface area contributed by atoms with E-state index in [2.05, 4.69) is 5.32 Å². The van der Waals surface area contributed by atoms with Crippen LogP contribution in [-0.4, -0.2) is 25.8 Å². The monoisotopic (exact) mass is 127 g/mol. The summed E-state index contributed by atoms with van der Waals surface area (Å²) < 4.78 is 5.54. The van der Waals surface area contributed by atoms with Crippen LogP contribution in [0.1, 0.15) is 12.8 Å². The molecule has 0 saturated carbocycles. The average molecular weight is 127 g/mol. The fourth-order valence-electron chi connectivity index (χ4n) is 1.77. The Bertz CT molecular complexity index is 93.1. The van der Waals surface area contributed by atoms with Crippen molar-refractivity contribution in [2.45, 2.75) is 18.9 Å².